The lowest BCUT2D eigenvalue weighted by atomic mass is 10.3. The van der Waals surface area contributed by atoms with Crippen LogP contribution in [0.3, 0.4) is 0 Å². The molecule has 1 aromatic rings. The van der Waals surface area contributed by atoms with Gasteiger partial charge in [0.2, 0.25) is 0 Å². The third kappa shape index (κ3) is 5.63. The van der Waals surface area contributed by atoms with Gasteiger partial charge in [-0.15, -0.1) is 0 Å². The van der Waals surface area contributed by atoms with Crippen LogP contribution in [0, 0.1) is 6.92 Å². The molecule has 0 atom stereocenters. The van der Waals surface area contributed by atoms with Gasteiger partial charge in [-0.3, -0.25) is 0 Å². The van der Waals surface area contributed by atoms with E-state index in [0.717, 1.165) is 13.0 Å². The van der Waals surface area contributed by atoms with Crippen molar-refractivity contribution in [1.29, 1.82) is 0 Å². The van der Waals surface area contributed by atoms with Gasteiger partial charge < -0.3 is 10.2 Å². The zero-order valence-corrected chi connectivity index (χ0v) is 12.1. The van der Waals surface area contributed by atoms with Crippen LogP contribution >= 0.6 is 0 Å². The van der Waals surface area contributed by atoms with Crippen molar-refractivity contribution in [2.45, 2.75) is 39.8 Å². The molecule has 1 rings (SSSR count). The molecule has 0 aromatic carbocycles. The standard InChI is InChI=1S/C13H21F3N4/c1-4-6-17-11-8-12(19-10(3)18-11)20(7-5-2)9-13(14,15)16/h8H,4-7,9H2,1-3H3,(H,17,18,19). The van der Waals surface area contributed by atoms with Gasteiger partial charge in [0.15, 0.2) is 0 Å². The number of hydrogen-bond acceptors (Lipinski definition) is 4. The van der Waals surface area contributed by atoms with Crippen LogP contribution in [0.1, 0.15) is 32.5 Å². The molecular weight excluding hydrogens is 269 g/mol. The van der Waals surface area contributed by atoms with E-state index in [1.807, 2.05) is 13.8 Å². The maximum atomic E-state index is 12.6. The summed E-state index contributed by atoms with van der Waals surface area (Å²) in [5.74, 6) is 1.34. The first kappa shape index (κ1) is 16.5. The highest BCUT2D eigenvalue weighted by atomic mass is 19.4. The van der Waals surface area contributed by atoms with E-state index in [1.165, 1.54) is 4.90 Å². The molecule has 1 aromatic heterocycles. The van der Waals surface area contributed by atoms with E-state index in [4.69, 9.17) is 0 Å². The first-order valence-electron chi connectivity index (χ1n) is 6.77. The summed E-state index contributed by atoms with van der Waals surface area (Å²) < 4.78 is 37.9. The molecule has 7 heteroatoms. The Morgan fingerprint density at radius 2 is 1.90 bits per heavy atom. The van der Waals surface area contributed by atoms with Crippen molar-refractivity contribution in [3.05, 3.63) is 11.9 Å². The Hall–Kier alpha value is -1.53. The van der Waals surface area contributed by atoms with Crippen LogP contribution in [0.25, 0.3) is 0 Å². The molecule has 0 amide bonds. The quantitative estimate of drug-likeness (QED) is 0.835. The van der Waals surface area contributed by atoms with Gasteiger partial charge >= 0.3 is 6.18 Å². The second kappa shape index (κ2) is 7.31. The molecule has 20 heavy (non-hydrogen) atoms. The molecule has 1 heterocycles. The Morgan fingerprint density at radius 3 is 2.45 bits per heavy atom. The van der Waals surface area contributed by atoms with Crippen molar-refractivity contribution < 1.29 is 13.2 Å². The largest absolute Gasteiger partial charge is 0.405 e. The summed E-state index contributed by atoms with van der Waals surface area (Å²) >= 11 is 0. The average Bonchev–Trinajstić information content (AvgIpc) is 2.33. The molecule has 0 unspecified atom stereocenters. The minimum absolute atomic E-state index is 0.309. The Kier molecular flexibility index (Phi) is 6.04. The summed E-state index contributed by atoms with van der Waals surface area (Å²) in [5, 5.41) is 3.08. The van der Waals surface area contributed by atoms with Crippen molar-refractivity contribution in [3.63, 3.8) is 0 Å². The van der Waals surface area contributed by atoms with E-state index in [1.54, 1.807) is 13.0 Å². The number of anilines is 2. The monoisotopic (exact) mass is 290 g/mol. The molecular formula is C13H21F3N4. The summed E-state index contributed by atoms with van der Waals surface area (Å²) in [6.07, 6.45) is -2.71. The van der Waals surface area contributed by atoms with E-state index in [0.29, 0.717) is 30.4 Å². The zero-order chi connectivity index (χ0) is 15.2. The topological polar surface area (TPSA) is 41.0 Å². The molecule has 1 N–H and O–H groups in total. The number of nitrogens with zero attached hydrogens (tertiary/aromatic N) is 3. The fourth-order valence-corrected chi connectivity index (χ4v) is 1.82. The number of nitrogens with one attached hydrogen (secondary N) is 1. The van der Waals surface area contributed by atoms with Gasteiger partial charge in [0.25, 0.3) is 0 Å². The van der Waals surface area contributed by atoms with Gasteiger partial charge in [-0.1, -0.05) is 13.8 Å². The predicted molar refractivity (Wildman–Crippen MR) is 74.1 cm³/mol. The Morgan fingerprint density at radius 1 is 1.20 bits per heavy atom. The number of aromatic nitrogens is 2. The molecule has 0 bridgehead atoms. The number of rotatable bonds is 7. The highest BCUT2D eigenvalue weighted by Crippen LogP contribution is 2.22. The van der Waals surface area contributed by atoms with Crippen molar-refractivity contribution in [2.24, 2.45) is 0 Å². The summed E-state index contributed by atoms with van der Waals surface area (Å²) in [6.45, 7) is 5.57. The van der Waals surface area contributed by atoms with Gasteiger partial charge in [0, 0.05) is 19.2 Å². The SMILES string of the molecule is CCCNc1cc(N(CCC)CC(F)(F)F)nc(C)n1. The molecule has 4 nitrogen and oxygen atoms in total. The lowest BCUT2D eigenvalue weighted by molar-refractivity contribution is -0.119. The maximum absolute atomic E-state index is 12.6. The summed E-state index contributed by atoms with van der Waals surface area (Å²) in [5.41, 5.74) is 0. The molecule has 0 spiro atoms. The van der Waals surface area contributed by atoms with Gasteiger partial charge in [-0.2, -0.15) is 13.2 Å². The van der Waals surface area contributed by atoms with Crippen LogP contribution in [-0.4, -0.2) is 35.8 Å². The average molecular weight is 290 g/mol. The fourth-order valence-electron chi connectivity index (χ4n) is 1.82. The summed E-state index contributed by atoms with van der Waals surface area (Å²) in [6, 6.07) is 1.57. The second-order valence-corrected chi connectivity index (χ2v) is 4.62. The van der Waals surface area contributed by atoms with Crippen molar-refractivity contribution in [2.75, 3.05) is 29.9 Å². The predicted octanol–water partition coefficient (Wildman–Crippen LogP) is 3.39. The minimum atomic E-state index is -4.25. The normalized spacial score (nSPS) is 11.5. The van der Waals surface area contributed by atoms with Crippen molar-refractivity contribution >= 4 is 11.6 Å². The Labute approximate surface area is 117 Å². The van der Waals surface area contributed by atoms with Gasteiger partial charge in [-0.05, 0) is 19.8 Å². The van der Waals surface area contributed by atoms with Crippen LogP contribution in [0.5, 0.6) is 0 Å². The smallest absolute Gasteiger partial charge is 0.370 e. The lowest BCUT2D eigenvalue weighted by Gasteiger charge is -2.25. The highest BCUT2D eigenvalue weighted by Gasteiger charge is 2.31. The van der Waals surface area contributed by atoms with Crippen LogP contribution < -0.4 is 10.2 Å². The number of aryl methyl sites for hydroxylation is 1. The van der Waals surface area contributed by atoms with E-state index >= 15 is 0 Å². The van der Waals surface area contributed by atoms with Crippen molar-refractivity contribution in [3.8, 4) is 0 Å². The lowest BCUT2D eigenvalue weighted by Crippen LogP contribution is -2.35. The Balaban J connectivity index is 2.96. The molecule has 0 aliphatic heterocycles. The number of hydrogen-bond donors (Lipinski definition) is 1. The third-order valence-corrected chi connectivity index (χ3v) is 2.57. The van der Waals surface area contributed by atoms with Crippen LogP contribution in [-0.2, 0) is 0 Å². The van der Waals surface area contributed by atoms with E-state index < -0.39 is 12.7 Å². The molecule has 0 fully saturated rings. The third-order valence-electron chi connectivity index (χ3n) is 2.57. The van der Waals surface area contributed by atoms with Crippen molar-refractivity contribution in [1.82, 2.24) is 9.97 Å². The molecule has 0 radical (unpaired) electrons. The highest BCUT2D eigenvalue weighted by molar-refractivity contribution is 5.49. The first-order chi connectivity index (χ1) is 9.35. The summed E-state index contributed by atoms with van der Waals surface area (Å²) in [7, 11) is 0. The molecule has 0 saturated heterocycles. The second-order valence-electron chi connectivity index (χ2n) is 4.62. The van der Waals surface area contributed by atoms with E-state index in [9.17, 15) is 13.2 Å². The van der Waals surface area contributed by atoms with E-state index in [2.05, 4.69) is 15.3 Å². The van der Waals surface area contributed by atoms with Crippen LogP contribution in [0.4, 0.5) is 24.8 Å². The number of alkyl halides is 3. The van der Waals surface area contributed by atoms with Crippen LogP contribution in [0.15, 0.2) is 6.07 Å². The summed E-state index contributed by atoms with van der Waals surface area (Å²) in [4.78, 5) is 9.54. The van der Waals surface area contributed by atoms with Crippen LogP contribution in [0.2, 0.25) is 0 Å². The van der Waals surface area contributed by atoms with Gasteiger partial charge in [0.1, 0.15) is 24.0 Å². The van der Waals surface area contributed by atoms with Gasteiger partial charge in [0.05, 0.1) is 0 Å². The van der Waals surface area contributed by atoms with E-state index in [-0.39, 0.29) is 0 Å². The molecule has 0 saturated carbocycles. The first-order valence-corrected chi connectivity index (χ1v) is 6.77. The number of halogens is 3. The molecule has 114 valence electrons. The minimum Gasteiger partial charge on any atom is -0.370 e. The van der Waals surface area contributed by atoms with Gasteiger partial charge in [-0.25, -0.2) is 9.97 Å². The fraction of sp³-hybridized carbons (Fsp3) is 0.692. The molecule has 0 aliphatic carbocycles. The Bertz CT molecular complexity index is 421. The maximum Gasteiger partial charge on any atom is 0.405 e. The zero-order valence-electron chi connectivity index (χ0n) is 12.1. The molecule has 0 aliphatic rings.